The number of nitriles is 1. The van der Waals surface area contributed by atoms with E-state index in [0.29, 0.717) is 30.4 Å². The number of hydrogen-bond donors (Lipinski definition) is 3. The molecule has 0 radical (unpaired) electrons. The van der Waals surface area contributed by atoms with E-state index in [-0.39, 0.29) is 43.5 Å². The summed E-state index contributed by atoms with van der Waals surface area (Å²) in [5.41, 5.74) is 2.35. The third-order valence-electron chi connectivity index (χ3n) is 7.77. The number of aryl methyl sites for hydroxylation is 1. The van der Waals surface area contributed by atoms with Crippen LogP contribution in [-0.2, 0) is 29.9 Å². The van der Waals surface area contributed by atoms with Crippen molar-refractivity contribution in [1.82, 2.24) is 25.3 Å². The third kappa shape index (κ3) is 4.70. The Labute approximate surface area is 222 Å². The van der Waals surface area contributed by atoms with Gasteiger partial charge in [-0.3, -0.25) is 14.3 Å². The highest BCUT2D eigenvalue weighted by Crippen LogP contribution is 2.50. The van der Waals surface area contributed by atoms with Gasteiger partial charge in [0.25, 0.3) is 11.8 Å². The van der Waals surface area contributed by atoms with Gasteiger partial charge in [-0.05, 0) is 57.9 Å². The number of hydrogen-bond acceptors (Lipinski definition) is 8. The maximum absolute atomic E-state index is 13.7. The maximum atomic E-state index is 13.7. The fourth-order valence-electron chi connectivity index (χ4n) is 5.04. The van der Waals surface area contributed by atoms with Crippen molar-refractivity contribution < 1.29 is 23.1 Å². The number of likely N-dealkylation sites (N-methyl/N-ethyl adjacent to an activating group) is 1. The molecule has 204 valence electrons. The number of aliphatic hydroxyl groups is 1. The van der Waals surface area contributed by atoms with Gasteiger partial charge >= 0.3 is 0 Å². The Hall–Kier alpha value is -3.27. The summed E-state index contributed by atoms with van der Waals surface area (Å²) >= 11 is 0. The molecule has 1 aromatic carbocycles. The van der Waals surface area contributed by atoms with E-state index in [1.165, 1.54) is 23.4 Å². The zero-order chi connectivity index (χ0) is 27.9. The molecule has 2 aliphatic rings. The Balaban J connectivity index is 1.49. The van der Waals surface area contributed by atoms with Gasteiger partial charge in [0.2, 0.25) is 0 Å². The molecule has 38 heavy (non-hydrogen) atoms. The molecule has 12 heteroatoms. The van der Waals surface area contributed by atoms with Crippen LogP contribution in [-0.4, -0.2) is 82.3 Å². The molecular formula is C26H34N6O5S. The SMILES string of the molecule is CNC[C@@H](O)C(C)(C)S(=O)(=O)C1(CN2CCc3c(C(=O)NCc4ccc(C#N)cc4)nn(C)c3C2=O)CC1. The molecule has 0 spiro atoms. The fourth-order valence-corrected chi connectivity index (χ4v) is 7.56. The van der Waals surface area contributed by atoms with Crippen molar-refractivity contribution in [2.45, 2.75) is 55.3 Å². The molecule has 4 rings (SSSR count). The Morgan fingerprint density at radius 3 is 2.53 bits per heavy atom. The van der Waals surface area contributed by atoms with Crippen molar-refractivity contribution >= 4 is 21.7 Å². The first-order valence-electron chi connectivity index (χ1n) is 12.6. The molecule has 3 N–H and O–H groups in total. The van der Waals surface area contributed by atoms with Crippen molar-refractivity contribution in [2.75, 3.05) is 26.7 Å². The van der Waals surface area contributed by atoms with Gasteiger partial charge in [0.15, 0.2) is 15.5 Å². The van der Waals surface area contributed by atoms with Crippen LogP contribution in [0.4, 0.5) is 0 Å². The van der Waals surface area contributed by atoms with Gasteiger partial charge in [-0.25, -0.2) is 8.42 Å². The normalized spacial score (nSPS) is 17.5. The van der Waals surface area contributed by atoms with Gasteiger partial charge < -0.3 is 20.6 Å². The second kappa shape index (κ2) is 10.1. The molecule has 1 fully saturated rings. The van der Waals surface area contributed by atoms with Crippen LogP contribution >= 0.6 is 0 Å². The van der Waals surface area contributed by atoms with Crippen LogP contribution in [0.3, 0.4) is 0 Å². The number of sulfone groups is 1. The van der Waals surface area contributed by atoms with Crippen LogP contribution in [0.1, 0.15) is 64.4 Å². The molecule has 11 nitrogen and oxygen atoms in total. The Morgan fingerprint density at radius 2 is 1.95 bits per heavy atom. The molecular weight excluding hydrogens is 508 g/mol. The summed E-state index contributed by atoms with van der Waals surface area (Å²) in [5, 5.41) is 29.4. The van der Waals surface area contributed by atoms with Crippen LogP contribution in [0.2, 0.25) is 0 Å². The summed E-state index contributed by atoms with van der Waals surface area (Å²) in [5.74, 6) is -0.767. The molecule has 2 heterocycles. The zero-order valence-electron chi connectivity index (χ0n) is 22.1. The first-order chi connectivity index (χ1) is 17.9. The van der Waals surface area contributed by atoms with Gasteiger partial charge in [-0.2, -0.15) is 10.4 Å². The molecule has 2 aromatic rings. The average Bonchev–Trinajstić information content (AvgIpc) is 3.60. The van der Waals surface area contributed by atoms with Gasteiger partial charge in [-0.1, -0.05) is 12.1 Å². The molecule has 1 atom stereocenters. The summed E-state index contributed by atoms with van der Waals surface area (Å²) in [7, 11) is -0.547. The summed E-state index contributed by atoms with van der Waals surface area (Å²) in [6.45, 7) is 3.75. The molecule has 1 aliphatic heterocycles. The monoisotopic (exact) mass is 542 g/mol. The van der Waals surface area contributed by atoms with Crippen molar-refractivity contribution in [2.24, 2.45) is 7.05 Å². The lowest BCUT2D eigenvalue weighted by Crippen LogP contribution is -2.56. The Bertz CT molecular complexity index is 1390. The second-order valence-electron chi connectivity index (χ2n) is 10.6. The minimum absolute atomic E-state index is 0.0364. The largest absolute Gasteiger partial charge is 0.390 e. The lowest BCUT2D eigenvalue weighted by atomic mass is 10.0. The number of nitrogens with one attached hydrogen (secondary N) is 2. The number of carbonyl (C=O) groups excluding carboxylic acids is 2. The first-order valence-corrected chi connectivity index (χ1v) is 14.1. The summed E-state index contributed by atoms with van der Waals surface area (Å²) in [4.78, 5) is 28.0. The number of nitrogens with zero attached hydrogens (tertiary/aromatic N) is 4. The zero-order valence-corrected chi connectivity index (χ0v) is 22.9. The van der Waals surface area contributed by atoms with Crippen LogP contribution in [0.15, 0.2) is 24.3 Å². The van der Waals surface area contributed by atoms with E-state index in [0.717, 1.165) is 5.56 Å². The summed E-state index contributed by atoms with van der Waals surface area (Å²) in [6.07, 6.45) is 0.129. The number of aliphatic hydroxyl groups excluding tert-OH is 1. The molecule has 2 amide bonds. The highest BCUT2D eigenvalue weighted by atomic mass is 32.2. The lowest BCUT2D eigenvalue weighted by molar-refractivity contribution is 0.0723. The lowest BCUT2D eigenvalue weighted by Gasteiger charge is -2.37. The highest BCUT2D eigenvalue weighted by Gasteiger charge is 2.62. The second-order valence-corrected chi connectivity index (χ2v) is 13.6. The van der Waals surface area contributed by atoms with Crippen molar-refractivity contribution in [3.8, 4) is 6.07 Å². The average molecular weight is 543 g/mol. The van der Waals surface area contributed by atoms with E-state index in [9.17, 15) is 23.1 Å². The topological polar surface area (TPSA) is 157 Å². The van der Waals surface area contributed by atoms with Crippen LogP contribution in [0, 0.1) is 11.3 Å². The first kappa shape index (κ1) is 27.8. The van der Waals surface area contributed by atoms with Gasteiger partial charge in [0.1, 0.15) is 5.69 Å². The maximum Gasteiger partial charge on any atom is 0.272 e. The van der Waals surface area contributed by atoms with E-state index in [2.05, 4.69) is 15.7 Å². The van der Waals surface area contributed by atoms with E-state index < -0.39 is 31.3 Å². The predicted molar refractivity (Wildman–Crippen MR) is 140 cm³/mol. The van der Waals surface area contributed by atoms with Crippen LogP contribution in [0.25, 0.3) is 0 Å². The van der Waals surface area contributed by atoms with Crippen LogP contribution < -0.4 is 10.6 Å². The smallest absolute Gasteiger partial charge is 0.272 e. The molecule has 0 unspecified atom stereocenters. The molecule has 0 bridgehead atoms. The molecule has 1 aliphatic carbocycles. The highest BCUT2D eigenvalue weighted by molar-refractivity contribution is 7.94. The fraction of sp³-hybridized carbons (Fsp3) is 0.538. The van der Waals surface area contributed by atoms with Gasteiger partial charge in [0.05, 0.1) is 27.2 Å². The standard InChI is InChI=1S/C26H34N6O5S/c1-25(2,20(33)15-28-3)38(36,37)26(10-11-26)16-32-12-9-19-21(30-31(4)22(19)24(32)35)23(34)29-14-18-7-5-17(13-27)6-8-18/h5-8,20,28,33H,9-12,14-16H2,1-4H3,(H,29,34)/t20-/m1/s1. The van der Waals surface area contributed by atoms with E-state index in [4.69, 9.17) is 5.26 Å². The number of fused-ring (bicyclic) bond motifs is 1. The predicted octanol–water partition coefficient (Wildman–Crippen LogP) is 0.526. The van der Waals surface area contributed by atoms with E-state index in [1.807, 2.05) is 6.07 Å². The van der Waals surface area contributed by atoms with Crippen molar-refractivity contribution in [1.29, 1.82) is 5.26 Å². The third-order valence-corrected chi connectivity index (χ3v) is 11.1. The minimum Gasteiger partial charge on any atom is -0.390 e. The quantitative estimate of drug-likeness (QED) is 0.392. The Kier molecular flexibility index (Phi) is 7.40. The van der Waals surface area contributed by atoms with Crippen molar-refractivity contribution in [3.63, 3.8) is 0 Å². The molecule has 1 aromatic heterocycles. The number of carbonyl (C=O) groups is 2. The summed E-state index contributed by atoms with van der Waals surface area (Å²) < 4.78 is 26.2. The van der Waals surface area contributed by atoms with E-state index in [1.54, 1.807) is 38.4 Å². The number of rotatable bonds is 10. The number of aromatic nitrogens is 2. The Morgan fingerprint density at radius 1 is 1.29 bits per heavy atom. The summed E-state index contributed by atoms with van der Waals surface area (Å²) in [6, 6.07) is 8.91. The molecule has 1 saturated carbocycles. The number of benzene rings is 1. The minimum atomic E-state index is -3.79. The number of amides is 2. The van der Waals surface area contributed by atoms with E-state index >= 15 is 0 Å². The van der Waals surface area contributed by atoms with Gasteiger partial charge in [0, 0.05) is 38.8 Å². The van der Waals surface area contributed by atoms with Crippen molar-refractivity contribution in [3.05, 3.63) is 52.3 Å². The van der Waals surface area contributed by atoms with Gasteiger partial charge in [-0.15, -0.1) is 0 Å². The van der Waals surface area contributed by atoms with Crippen LogP contribution in [0.5, 0.6) is 0 Å². The molecule has 0 saturated heterocycles.